The number of nitrogens with zero attached hydrogens (tertiary/aromatic N) is 2. The first kappa shape index (κ1) is 10.3. The van der Waals surface area contributed by atoms with E-state index in [-0.39, 0.29) is 0 Å². The Morgan fingerprint density at radius 1 is 1.40 bits per heavy atom. The number of thiazole rings is 1. The van der Waals surface area contributed by atoms with Crippen LogP contribution in [0.4, 0.5) is 0 Å². The molecule has 0 saturated heterocycles. The molecule has 15 heavy (non-hydrogen) atoms. The van der Waals surface area contributed by atoms with Crippen molar-refractivity contribution in [3.63, 3.8) is 0 Å². The van der Waals surface area contributed by atoms with Gasteiger partial charge in [-0.15, -0.1) is 11.3 Å². The van der Waals surface area contributed by atoms with E-state index in [9.17, 15) is 0 Å². The first-order valence-electron chi connectivity index (χ1n) is 4.87. The van der Waals surface area contributed by atoms with Gasteiger partial charge in [0.15, 0.2) is 0 Å². The highest BCUT2D eigenvalue weighted by molar-refractivity contribution is 7.11. The van der Waals surface area contributed by atoms with Crippen LogP contribution >= 0.6 is 11.3 Å². The van der Waals surface area contributed by atoms with Crippen molar-refractivity contribution >= 4 is 11.3 Å². The summed E-state index contributed by atoms with van der Waals surface area (Å²) >= 11 is 1.75. The van der Waals surface area contributed by atoms with Gasteiger partial charge in [-0.25, -0.2) is 9.97 Å². The van der Waals surface area contributed by atoms with Gasteiger partial charge in [-0.05, 0) is 13.8 Å². The topological polar surface area (TPSA) is 53.6 Å². The molecule has 0 atom stereocenters. The summed E-state index contributed by atoms with van der Waals surface area (Å²) in [7, 11) is 0. The minimum Gasteiger partial charge on any atom is -0.348 e. The highest BCUT2D eigenvalue weighted by Gasteiger charge is 2.03. The second kappa shape index (κ2) is 4.55. The smallest absolute Gasteiger partial charge is 0.120 e. The van der Waals surface area contributed by atoms with Gasteiger partial charge in [0.2, 0.25) is 0 Å². The molecule has 0 saturated carbocycles. The van der Waals surface area contributed by atoms with Crippen LogP contribution in [-0.4, -0.2) is 15.0 Å². The molecule has 2 N–H and O–H groups in total. The molecule has 2 rings (SSSR count). The fraction of sp³-hybridized carbons (Fsp3) is 0.400. The number of rotatable bonds is 4. The standard InChI is InChI=1S/C10H14N4S/c1-7-9(15-8(2)14-7)5-11-6-10-12-3-4-13-10/h3-4,11H,5-6H2,1-2H3,(H,12,13). The van der Waals surface area contributed by atoms with E-state index in [0.717, 1.165) is 29.6 Å². The highest BCUT2D eigenvalue weighted by atomic mass is 32.1. The second-order valence-corrected chi connectivity index (χ2v) is 4.67. The molecule has 2 heterocycles. The number of aryl methyl sites for hydroxylation is 2. The van der Waals surface area contributed by atoms with Gasteiger partial charge < -0.3 is 10.3 Å². The molecule has 0 aliphatic heterocycles. The van der Waals surface area contributed by atoms with E-state index in [1.165, 1.54) is 4.88 Å². The maximum Gasteiger partial charge on any atom is 0.120 e. The van der Waals surface area contributed by atoms with Crippen molar-refractivity contribution in [2.45, 2.75) is 26.9 Å². The Bertz CT molecular complexity index is 419. The lowest BCUT2D eigenvalue weighted by Crippen LogP contribution is -2.13. The van der Waals surface area contributed by atoms with E-state index < -0.39 is 0 Å². The summed E-state index contributed by atoms with van der Waals surface area (Å²) in [6.07, 6.45) is 3.60. The van der Waals surface area contributed by atoms with Gasteiger partial charge in [-0.3, -0.25) is 0 Å². The number of nitrogens with one attached hydrogen (secondary N) is 2. The number of H-pyrrole nitrogens is 1. The molecule has 4 nitrogen and oxygen atoms in total. The Morgan fingerprint density at radius 3 is 2.87 bits per heavy atom. The van der Waals surface area contributed by atoms with Crippen LogP contribution in [0.5, 0.6) is 0 Å². The fourth-order valence-corrected chi connectivity index (χ4v) is 2.33. The average molecular weight is 222 g/mol. The molecule has 5 heteroatoms. The summed E-state index contributed by atoms with van der Waals surface area (Å²) in [6.45, 7) is 5.71. The van der Waals surface area contributed by atoms with Gasteiger partial charge in [-0.2, -0.15) is 0 Å². The van der Waals surface area contributed by atoms with Crippen molar-refractivity contribution in [1.29, 1.82) is 0 Å². The molecule has 0 bridgehead atoms. The van der Waals surface area contributed by atoms with Crippen molar-refractivity contribution in [2.75, 3.05) is 0 Å². The highest BCUT2D eigenvalue weighted by Crippen LogP contribution is 2.16. The van der Waals surface area contributed by atoms with Crippen molar-refractivity contribution in [1.82, 2.24) is 20.3 Å². The number of imidazole rings is 1. The van der Waals surface area contributed by atoms with Crippen LogP contribution in [0.25, 0.3) is 0 Å². The van der Waals surface area contributed by atoms with Crippen molar-refractivity contribution in [2.24, 2.45) is 0 Å². The van der Waals surface area contributed by atoms with Crippen LogP contribution < -0.4 is 5.32 Å². The number of aromatic nitrogens is 3. The maximum atomic E-state index is 4.38. The number of aromatic amines is 1. The normalized spacial score (nSPS) is 10.8. The Kier molecular flexibility index (Phi) is 3.13. The van der Waals surface area contributed by atoms with E-state index in [2.05, 4.69) is 20.3 Å². The van der Waals surface area contributed by atoms with Gasteiger partial charge in [0, 0.05) is 23.8 Å². The first-order chi connectivity index (χ1) is 7.25. The SMILES string of the molecule is Cc1nc(C)c(CNCc2ncc[nH]2)s1. The molecule has 2 aromatic heterocycles. The zero-order valence-corrected chi connectivity index (χ0v) is 9.69. The van der Waals surface area contributed by atoms with Gasteiger partial charge in [0.1, 0.15) is 5.82 Å². The fourth-order valence-electron chi connectivity index (χ4n) is 1.43. The Labute approximate surface area is 92.8 Å². The van der Waals surface area contributed by atoms with Gasteiger partial charge in [0.25, 0.3) is 0 Å². The number of hydrogen-bond donors (Lipinski definition) is 2. The summed E-state index contributed by atoms with van der Waals surface area (Å²) in [5.74, 6) is 0.967. The Hall–Kier alpha value is -1.20. The minimum atomic E-state index is 0.767. The van der Waals surface area contributed by atoms with Crippen LogP contribution in [0.3, 0.4) is 0 Å². The molecular weight excluding hydrogens is 208 g/mol. The third-order valence-electron chi connectivity index (χ3n) is 2.13. The summed E-state index contributed by atoms with van der Waals surface area (Å²) in [5, 5.41) is 4.46. The zero-order valence-electron chi connectivity index (χ0n) is 8.87. The summed E-state index contributed by atoms with van der Waals surface area (Å²) < 4.78 is 0. The Balaban J connectivity index is 1.86. The van der Waals surface area contributed by atoms with Gasteiger partial charge >= 0.3 is 0 Å². The largest absolute Gasteiger partial charge is 0.348 e. The van der Waals surface area contributed by atoms with E-state index in [0.29, 0.717) is 0 Å². The van der Waals surface area contributed by atoms with E-state index in [4.69, 9.17) is 0 Å². The van der Waals surface area contributed by atoms with Crippen molar-refractivity contribution < 1.29 is 0 Å². The van der Waals surface area contributed by atoms with E-state index in [1.54, 1.807) is 17.5 Å². The monoisotopic (exact) mass is 222 g/mol. The molecular formula is C10H14N4S. The van der Waals surface area contributed by atoms with Crippen LogP contribution in [-0.2, 0) is 13.1 Å². The zero-order chi connectivity index (χ0) is 10.7. The van der Waals surface area contributed by atoms with Crippen LogP contribution in [0.15, 0.2) is 12.4 Å². The van der Waals surface area contributed by atoms with E-state index in [1.807, 2.05) is 20.0 Å². The third kappa shape index (κ3) is 2.64. The van der Waals surface area contributed by atoms with Crippen LogP contribution in [0.2, 0.25) is 0 Å². The van der Waals surface area contributed by atoms with Gasteiger partial charge in [-0.1, -0.05) is 0 Å². The molecule has 80 valence electrons. The van der Waals surface area contributed by atoms with Crippen LogP contribution in [0, 0.1) is 13.8 Å². The maximum absolute atomic E-state index is 4.38. The second-order valence-electron chi connectivity index (χ2n) is 3.38. The molecule has 0 aromatic carbocycles. The molecule has 2 aromatic rings. The summed E-state index contributed by atoms with van der Waals surface area (Å²) in [4.78, 5) is 12.9. The lowest BCUT2D eigenvalue weighted by atomic mass is 10.4. The molecule has 0 aliphatic carbocycles. The summed E-state index contributed by atoms with van der Waals surface area (Å²) in [6, 6.07) is 0. The predicted octanol–water partition coefficient (Wildman–Crippen LogP) is 1.77. The molecule has 0 fully saturated rings. The lowest BCUT2D eigenvalue weighted by Gasteiger charge is -2.00. The Morgan fingerprint density at radius 2 is 2.27 bits per heavy atom. The van der Waals surface area contributed by atoms with Crippen LogP contribution in [0.1, 0.15) is 21.4 Å². The minimum absolute atomic E-state index is 0.767. The molecule has 0 spiro atoms. The predicted molar refractivity (Wildman–Crippen MR) is 60.7 cm³/mol. The quantitative estimate of drug-likeness (QED) is 0.829. The molecule has 0 unspecified atom stereocenters. The molecule has 0 amide bonds. The number of hydrogen-bond acceptors (Lipinski definition) is 4. The average Bonchev–Trinajstić information content (AvgIpc) is 2.77. The lowest BCUT2D eigenvalue weighted by molar-refractivity contribution is 0.672. The summed E-state index contributed by atoms with van der Waals surface area (Å²) in [5.41, 5.74) is 1.13. The van der Waals surface area contributed by atoms with Gasteiger partial charge in [0.05, 0.1) is 17.2 Å². The van der Waals surface area contributed by atoms with Crippen molar-refractivity contribution in [3.8, 4) is 0 Å². The first-order valence-corrected chi connectivity index (χ1v) is 5.69. The van der Waals surface area contributed by atoms with E-state index >= 15 is 0 Å². The third-order valence-corrected chi connectivity index (χ3v) is 3.21. The molecule has 0 radical (unpaired) electrons. The molecule has 0 aliphatic rings. The van der Waals surface area contributed by atoms with Crippen molar-refractivity contribution in [3.05, 3.63) is 33.8 Å².